The summed E-state index contributed by atoms with van der Waals surface area (Å²) in [5, 5.41) is 5.69. The average Bonchev–Trinajstić information content (AvgIpc) is 2.83. The van der Waals surface area contributed by atoms with Crippen molar-refractivity contribution in [2.75, 3.05) is 20.2 Å². The van der Waals surface area contributed by atoms with Crippen LogP contribution in [0.4, 0.5) is 0 Å². The molecular weight excluding hydrogens is 388 g/mol. The number of methoxy groups -OCH3 is 1. The molecule has 3 rings (SSSR count). The molecule has 0 spiro atoms. The van der Waals surface area contributed by atoms with Gasteiger partial charge in [0.2, 0.25) is 5.91 Å². The molecule has 3 aromatic carbocycles. The van der Waals surface area contributed by atoms with Crippen LogP contribution >= 0.6 is 0 Å². The molecule has 0 aliphatic heterocycles. The summed E-state index contributed by atoms with van der Waals surface area (Å²) in [6, 6.07) is 24.8. The van der Waals surface area contributed by atoms with Gasteiger partial charge in [-0.2, -0.15) is 0 Å². The number of hydrogen-bond acceptors (Lipinski definition) is 3. The number of ether oxygens (including phenoxy) is 1. The van der Waals surface area contributed by atoms with Crippen LogP contribution in [0.5, 0.6) is 5.75 Å². The molecule has 2 amide bonds. The molecule has 0 saturated heterocycles. The van der Waals surface area contributed by atoms with Crippen molar-refractivity contribution in [1.82, 2.24) is 10.6 Å². The molecule has 5 heteroatoms. The van der Waals surface area contributed by atoms with Crippen LogP contribution in [0.1, 0.15) is 22.3 Å². The molecule has 5 nitrogen and oxygen atoms in total. The molecule has 0 aromatic heterocycles. The summed E-state index contributed by atoms with van der Waals surface area (Å²) in [7, 11) is 1.64. The SMILES string of the molecule is COc1ccccc1-c1ccc(C(=O)NCCCNC(=O)C=Cc2ccccc2)cc1. The number of carbonyl (C=O) groups is 2. The number of rotatable bonds is 9. The lowest BCUT2D eigenvalue weighted by Crippen LogP contribution is -2.29. The van der Waals surface area contributed by atoms with E-state index in [2.05, 4.69) is 10.6 Å². The Morgan fingerprint density at radius 2 is 1.52 bits per heavy atom. The van der Waals surface area contributed by atoms with Crippen LogP contribution in [0.3, 0.4) is 0 Å². The van der Waals surface area contributed by atoms with Crippen LogP contribution in [-0.2, 0) is 4.79 Å². The second-order valence-electron chi connectivity index (χ2n) is 6.92. The zero-order valence-electron chi connectivity index (χ0n) is 17.5. The lowest BCUT2D eigenvalue weighted by Gasteiger charge is -2.09. The fraction of sp³-hybridized carbons (Fsp3) is 0.154. The molecule has 0 aliphatic rings. The molecule has 0 radical (unpaired) electrons. The van der Waals surface area contributed by atoms with Gasteiger partial charge in [0, 0.05) is 30.3 Å². The highest BCUT2D eigenvalue weighted by Gasteiger charge is 2.08. The first kappa shape index (κ1) is 21.8. The normalized spacial score (nSPS) is 10.6. The fourth-order valence-electron chi connectivity index (χ4n) is 3.08. The van der Waals surface area contributed by atoms with Crippen LogP contribution < -0.4 is 15.4 Å². The minimum Gasteiger partial charge on any atom is -0.496 e. The second kappa shape index (κ2) is 11.4. The van der Waals surface area contributed by atoms with E-state index in [4.69, 9.17) is 4.74 Å². The van der Waals surface area contributed by atoms with Gasteiger partial charge in [-0.15, -0.1) is 0 Å². The lowest BCUT2D eigenvalue weighted by molar-refractivity contribution is -0.116. The van der Waals surface area contributed by atoms with Gasteiger partial charge in [-0.05, 0) is 41.8 Å². The number of benzene rings is 3. The van der Waals surface area contributed by atoms with E-state index >= 15 is 0 Å². The van der Waals surface area contributed by atoms with E-state index in [9.17, 15) is 9.59 Å². The first-order chi connectivity index (χ1) is 15.2. The summed E-state index contributed by atoms with van der Waals surface area (Å²) >= 11 is 0. The Morgan fingerprint density at radius 3 is 2.26 bits per heavy atom. The average molecular weight is 415 g/mol. The summed E-state index contributed by atoms with van der Waals surface area (Å²) in [5.74, 6) is 0.504. The van der Waals surface area contributed by atoms with E-state index in [1.807, 2.05) is 66.7 Å². The summed E-state index contributed by atoms with van der Waals surface area (Å²) in [4.78, 5) is 24.2. The number of amides is 2. The molecule has 3 aromatic rings. The van der Waals surface area contributed by atoms with E-state index < -0.39 is 0 Å². The molecule has 0 bridgehead atoms. The largest absolute Gasteiger partial charge is 0.496 e. The van der Waals surface area contributed by atoms with Crippen molar-refractivity contribution < 1.29 is 14.3 Å². The smallest absolute Gasteiger partial charge is 0.251 e. The first-order valence-electron chi connectivity index (χ1n) is 10.2. The Balaban J connectivity index is 1.41. The lowest BCUT2D eigenvalue weighted by atomic mass is 10.0. The van der Waals surface area contributed by atoms with E-state index in [0.29, 0.717) is 25.1 Å². The zero-order valence-corrected chi connectivity index (χ0v) is 17.5. The van der Waals surface area contributed by atoms with Crippen molar-refractivity contribution in [3.63, 3.8) is 0 Å². The van der Waals surface area contributed by atoms with Crippen molar-refractivity contribution >= 4 is 17.9 Å². The molecule has 0 heterocycles. The molecule has 31 heavy (non-hydrogen) atoms. The first-order valence-corrected chi connectivity index (χ1v) is 10.2. The monoisotopic (exact) mass is 414 g/mol. The van der Waals surface area contributed by atoms with Crippen LogP contribution in [0.15, 0.2) is 84.9 Å². The molecule has 0 aliphatic carbocycles. The molecule has 0 atom stereocenters. The van der Waals surface area contributed by atoms with E-state index in [-0.39, 0.29) is 11.8 Å². The third kappa shape index (κ3) is 6.57. The van der Waals surface area contributed by atoms with Gasteiger partial charge in [-0.3, -0.25) is 9.59 Å². The highest BCUT2D eigenvalue weighted by Crippen LogP contribution is 2.29. The summed E-state index contributed by atoms with van der Waals surface area (Å²) < 4.78 is 5.39. The minimum absolute atomic E-state index is 0.137. The molecule has 158 valence electrons. The van der Waals surface area contributed by atoms with Gasteiger partial charge in [-0.25, -0.2) is 0 Å². The van der Waals surface area contributed by atoms with Gasteiger partial charge in [-0.1, -0.05) is 60.7 Å². The molecular formula is C26H26N2O3. The predicted octanol–water partition coefficient (Wildman–Crippen LogP) is 4.31. The second-order valence-corrected chi connectivity index (χ2v) is 6.92. The van der Waals surface area contributed by atoms with Gasteiger partial charge in [0.25, 0.3) is 5.91 Å². The summed E-state index contributed by atoms with van der Waals surface area (Å²) in [6.07, 6.45) is 3.93. The van der Waals surface area contributed by atoms with Gasteiger partial charge in [0.1, 0.15) is 5.75 Å². The maximum absolute atomic E-state index is 12.3. The maximum Gasteiger partial charge on any atom is 0.251 e. The van der Waals surface area contributed by atoms with Gasteiger partial charge < -0.3 is 15.4 Å². The Kier molecular flexibility index (Phi) is 8.00. The molecule has 0 unspecified atom stereocenters. The minimum atomic E-state index is -0.151. The van der Waals surface area contributed by atoms with E-state index in [1.165, 1.54) is 6.08 Å². The van der Waals surface area contributed by atoms with Crippen LogP contribution in [-0.4, -0.2) is 32.0 Å². The predicted molar refractivity (Wildman–Crippen MR) is 124 cm³/mol. The molecule has 0 saturated carbocycles. The van der Waals surface area contributed by atoms with Crippen LogP contribution in [0.25, 0.3) is 17.2 Å². The number of hydrogen-bond donors (Lipinski definition) is 2. The Bertz CT molecular complexity index is 1030. The van der Waals surface area contributed by atoms with E-state index in [1.54, 1.807) is 25.3 Å². The number of carbonyl (C=O) groups excluding carboxylic acids is 2. The molecule has 0 fully saturated rings. The van der Waals surface area contributed by atoms with Gasteiger partial charge >= 0.3 is 0 Å². The summed E-state index contributed by atoms with van der Waals surface area (Å²) in [5.41, 5.74) is 3.53. The topological polar surface area (TPSA) is 67.4 Å². The Labute approximate surface area is 182 Å². The van der Waals surface area contributed by atoms with Crippen molar-refractivity contribution in [3.05, 3.63) is 96.1 Å². The van der Waals surface area contributed by atoms with Crippen LogP contribution in [0.2, 0.25) is 0 Å². The van der Waals surface area contributed by atoms with Gasteiger partial charge in [0.05, 0.1) is 7.11 Å². The quantitative estimate of drug-likeness (QED) is 0.405. The Morgan fingerprint density at radius 1 is 0.839 bits per heavy atom. The summed E-state index contributed by atoms with van der Waals surface area (Å²) in [6.45, 7) is 0.973. The fourth-order valence-corrected chi connectivity index (χ4v) is 3.08. The standard InChI is InChI=1S/C26H26N2O3/c1-31-24-11-6-5-10-23(24)21-13-15-22(16-14-21)26(30)28-19-7-18-27-25(29)17-12-20-8-3-2-4-9-20/h2-6,8-17H,7,18-19H2,1H3,(H,27,29)(H,28,30). The third-order valence-corrected chi connectivity index (χ3v) is 4.73. The van der Waals surface area contributed by atoms with Crippen molar-refractivity contribution in [2.24, 2.45) is 0 Å². The van der Waals surface area contributed by atoms with Crippen LogP contribution in [0, 0.1) is 0 Å². The number of para-hydroxylation sites is 1. The van der Waals surface area contributed by atoms with Crippen molar-refractivity contribution in [1.29, 1.82) is 0 Å². The molecule has 2 N–H and O–H groups in total. The highest BCUT2D eigenvalue weighted by molar-refractivity contribution is 5.94. The highest BCUT2D eigenvalue weighted by atomic mass is 16.5. The maximum atomic E-state index is 12.3. The third-order valence-electron chi connectivity index (χ3n) is 4.73. The van der Waals surface area contributed by atoms with E-state index in [0.717, 1.165) is 22.4 Å². The van der Waals surface area contributed by atoms with Gasteiger partial charge in [0.15, 0.2) is 0 Å². The van der Waals surface area contributed by atoms with Crippen molar-refractivity contribution in [3.8, 4) is 16.9 Å². The number of nitrogens with one attached hydrogen (secondary N) is 2. The zero-order chi connectivity index (χ0) is 21.9. The Hall–Kier alpha value is -3.86. The van der Waals surface area contributed by atoms with Crippen molar-refractivity contribution in [2.45, 2.75) is 6.42 Å².